The Hall–Kier alpha value is -1.93. The van der Waals surface area contributed by atoms with Crippen molar-refractivity contribution in [2.75, 3.05) is 6.54 Å². The molecule has 1 heterocycles. The van der Waals surface area contributed by atoms with E-state index in [1.807, 2.05) is 13.8 Å². The summed E-state index contributed by atoms with van der Waals surface area (Å²) in [5.41, 5.74) is -0.0000239. The number of nitro groups is 1. The van der Waals surface area contributed by atoms with Gasteiger partial charge in [-0.3, -0.25) is 10.1 Å². The molecule has 6 nitrogen and oxygen atoms in total. The first-order valence-electron chi connectivity index (χ1n) is 6.47. The predicted molar refractivity (Wildman–Crippen MR) is 78.8 cm³/mol. The Morgan fingerprint density at radius 2 is 2.19 bits per heavy atom. The van der Waals surface area contributed by atoms with Crippen LogP contribution in [0.1, 0.15) is 18.9 Å². The Labute approximate surface area is 125 Å². The van der Waals surface area contributed by atoms with Crippen LogP contribution in [0.15, 0.2) is 18.2 Å². The molecule has 2 rings (SSSR count). The predicted octanol–water partition coefficient (Wildman–Crippen LogP) is 2.79. The fourth-order valence-corrected chi connectivity index (χ4v) is 2.63. The van der Waals surface area contributed by atoms with Gasteiger partial charge in [0.15, 0.2) is 5.01 Å². The molecule has 1 aromatic carbocycles. The van der Waals surface area contributed by atoms with Crippen molar-refractivity contribution in [2.24, 2.45) is 0 Å². The van der Waals surface area contributed by atoms with Crippen molar-refractivity contribution in [3.8, 4) is 10.6 Å². The average molecular weight is 310 g/mol. The molecule has 0 atom stereocenters. The normalized spacial score (nSPS) is 11.0. The van der Waals surface area contributed by atoms with E-state index >= 15 is 0 Å². The third kappa shape index (κ3) is 4.02. The molecule has 0 unspecified atom stereocenters. The first kappa shape index (κ1) is 15.5. The monoisotopic (exact) mass is 310 g/mol. The van der Waals surface area contributed by atoms with Gasteiger partial charge in [0, 0.05) is 25.1 Å². The molecule has 0 saturated carbocycles. The summed E-state index contributed by atoms with van der Waals surface area (Å²) in [6, 6.07) is 3.71. The topological polar surface area (TPSA) is 81.0 Å². The second kappa shape index (κ2) is 6.68. The summed E-state index contributed by atoms with van der Waals surface area (Å²) in [6.45, 7) is 4.83. The van der Waals surface area contributed by atoms with Crippen LogP contribution >= 0.6 is 11.3 Å². The average Bonchev–Trinajstić information content (AvgIpc) is 2.86. The number of halogens is 1. The van der Waals surface area contributed by atoms with E-state index in [0.29, 0.717) is 17.5 Å². The molecule has 0 fully saturated rings. The van der Waals surface area contributed by atoms with Crippen LogP contribution in [0, 0.1) is 15.9 Å². The highest BCUT2D eigenvalue weighted by Gasteiger charge is 2.19. The zero-order valence-electron chi connectivity index (χ0n) is 11.7. The van der Waals surface area contributed by atoms with Crippen molar-refractivity contribution in [3.63, 3.8) is 0 Å². The van der Waals surface area contributed by atoms with Crippen LogP contribution in [-0.4, -0.2) is 27.7 Å². The largest absolute Gasteiger partial charge is 0.314 e. The van der Waals surface area contributed by atoms with Crippen molar-refractivity contribution < 1.29 is 9.31 Å². The fraction of sp³-hybridized carbons (Fsp3) is 0.385. The van der Waals surface area contributed by atoms with Crippen LogP contribution in [0.5, 0.6) is 0 Å². The molecule has 21 heavy (non-hydrogen) atoms. The van der Waals surface area contributed by atoms with Gasteiger partial charge >= 0.3 is 0 Å². The number of benzene rings is 1. The van der Waals surface area contributed by atoms with E-state index in [4.69, 9.17) is 0 Å². The van der Waals surface area contributed by atoms with Crippen molar-refractivity contribution in [1.29, 1.82) is 0 Å². The Bertz CT molecular complexity index is 645. The summed E-state index contributed by atoms with van der Waals surface area (Å²) in [5, 5.41) is 23.3. The number of hydrogen-bond donors (Lipinski definition) is 1. The fourth-order valence-electron chi connectivity index (χ4n) is 1.77. The van der Waals surface area contributed by atoms with Crippen LogP contribution in [-0.2, 0) is 6.42 Å². The smallest absolute Gasteiger partial charge is 0.279 e. The maximum absolute atomic E-state index is 13.3. The first-order valence-corrected chi connectivity index (χ1v) is 7.29. The van der Waals surface area contributed by atoms with Crippen LogP contribution in [0.25, 0.3) is 10.6 Å². The summed E-state index contributed by atoms with van der Waals surface area (Å²) < 4.78 is 13.3. The number of rotatable bonds is 6. The molecule has 8 heteroatoms. The minimum Gasteiger partial charge on any atom is -0.314 e. The molecule has 0 saturated heterocycles. The maximum atomic E-state index is 13.3. The summed E-state index contributed by atoms with van der Waals surface area (Å²) in [5.74, 6) is -0.533. The highest BCUT2D eigenvalue weighted by Crippen LogP contribution is 2.32. The zero-order valence-corrected chi connectivity index (χ0v) is 12.5. The molecule has 0 aliphatic heterocycles. The number of nitrogens with one attached hydrogen (secondary N) is 1. The molecule has 0 amide bonds. The lowest BCUT2D eigenvalue weighted by Gasteiger charge is -2.05. The van der Waals surface area contributed by atoms with Gasteiger partial charge in [0.1, 0.15) is 10.8 Å². The van der Waals surface area contributed by atoms with Crippen LogP contribution in [0.4, 0.5) is 10.1 Å². The minimum absolute atomic E-state index is 0.167. The van der Waals surface area contributed by atoms with Crippen molar-refractivity contribution >= 4 is 17.0 Å². The van der Waals surface area contributed by atoms with Gasteiger partial charge in [-0.25, -0.2) is 4.39 Å². The van der Waals surface area contributed by atoms with E-state index in [1.54, 1.807) is 0 Å². The third-order valence-electron chi connectivity index (χ3n) is 2.74. The molecule has 2 aromatic rings. The molecule has 0 aliphatic carbocycles. The number of nitrogens with zero attached hydrogens (tertiary/aromatic N) is 3. The Morgan fingerprint density at radius 3 is 2.86 bits per heavy atom. The van der Waals surface area contributed by atoms with E-state index in [1.165, 1.54) is 11.3 Å². The van der Waals surface area contributed by atoms with Gasteiger partial charge in [-0.05, 0) is 12.1 Å². The standard InChI is InChI=1S/C13H15FN4O2S/c1-8(2)15-6-5-12-16-17-13(21-12)10-7-9(14)3-4-11(10)18(19)20/h3-4,7-8,15H,5-6H2,1-2H3. The quantitative estimate of drug-likeness (QED) is 0.655. The maximum Gasteiger partial charge on any atom is 0.279 e. The SMILES string of the molecule is CC(C)NCCc1nnc(-c2cc(F)ccc2[N+](=O)[O-])s1. The molecule has 0 bridgehead atoms. The van der Waals surface area contributed by atoms with Gasteiger partial charge in [-0.1, -0.05) is 25.2 Å². The van der Waals surface area contributed by atoms with Crippen molar-refractivity contribution in [3.05, 3.63) is 39.1 Å². The zero-order chi connectivity index (χ0) is 15.4. The lowest BCUT2D eigenvalue weighted by molar-refractivity contribution is -0.384. The summed E-state index contributed by atoms with van der Waals surface area (Å²) in [4.78, 5) is 10.4. The summed E-state index contributed by atoms with van der Waals surface area (Å²) in [6.07, 6.45) is 0.680. The summed E-state index contributed by atoms with van der Waals surface area (Å²) in [7, 11) is 0. The molecule has 0 radical (unpaired) electrons. The Kier molecular flexibility index (Phi) is 4.92. The van der Waals surface area contributed by atoms with Crippen LogP contribution in [0.2, 0.25) is 0 Å². The molecule has 0 spiro atoms. The first-order chi connectivity index (χ1) is 9.97. The van der Waals surface area contributed by atoms with Crippen LogP contribution in [0.3, 0.4) is 0 Å². The van der Waals surface area contributed by atoms with E-state index in [0.717, 1.165) is 29.8 Å². The van der Waals surface area contributed by atoms with Gasteiger partial charge in [0.2, 0.25) is 0 Å². The van der Waals surface area contributed by atoms with E-state index < -0.39 is 10.7 Å². The summed E-state index contributed by atoms with van der Waals surface area (Å²) >= 11 is 1.24. The van der Waals surface area contributed by atoms with Gasteiger partial charge in [0.25, 0.3) is 5.69 Å². The molecule has 0 aliphatic rings. The molecule has 1 N–H and O–H groups in total. The minimum atomic E-state index is -0.545. The number of nitro benzene ring substituents is 1. The van der Waals surface area contributed by atoms with Gasteiger partial charge in [-0.15, -0.1) is 10.2 Å². The second-order valence-corrected chi connectivity index (χ2v) is 5.84. The number of hydrogen-bond acceptors (Lipinski definition) is 6. The van der Waals surface area contributed by atoms with Crippen molar-refractivity contribution in [1.82, 2.24) is 15.5 Å². The van der Waals surface area contributed by atoms with Crippen LogP contribution < -0.4 is 5.32 Å². The molecule has 112 valence electrons. The molecular formula is C13H15FN4O2S. The van der Waals surface area contributed by atoms with E-state index in [9.17, 15) is 14.5 Å². The highest BCUT2D eigenvalue weighted by atomic mass is 32.1. The second-order valence-electron chi connectivity index (χ2n) is 4.78. The van der Waals surface area contributed by atoms with Gasteiger partial charge < -0.3 is 5.32 Å². The lowest BCUT2D eigenvalue weighted by Crippen LogP contribution is -2.24. The van der Waals surface area contributed by atoms with E-state index in [-0.39, 0.29) is 11.3 Å². The van der Waals surface area contributed by atoms with Crippen molar-refractivity contribution in [2.45, 2.75) is 26.3 Å². The number of aromatic nitrogens is 2. The third-order valence-corrected chi connectivity index (χ3v) is 3.76. The molecular weight excluding hydrogens is 295 g/mol. The van der Waals surface area contributed by atoms with E-state index in [2.05, 4.69) is 15.5 Å². The van der Waals surface area contributed by atoms with Gasteiger partial charge in [0.05, 0.1) is 10.5 Å². The van der Waals surface area contributed by atoms with Gasteiger partial charge in [-0.2, -0.15) is 0 Å². The highest BCUT2D eigenvalue weighted by molar-refractivity contribution is 7.14. The Morgan fingerprint density at radius 1 is 1.43 bits per heavy atom. The Balaban J connectivity index is 2.21. The molecule has 1 aromatic heterocycles. The lowest BCUT2D eigenvalue weighted by atomic mass is 10.2.